The van der Waals surface area contributed by atoms with Gasteiger partial charge in [0.1, 0.15) is 0 Å². The summed E-state index contributed by atoms with van der Waals surface area (Å²) in [6, 6.07) is 19.0. The highest BCUT2D eigenvalue weighted by Gasteiger charge is 2.39. The summed E-state index contributed by atoms with van der Waals surface area (Å²) in [5.74, 6) is 1.76. The van der Waals surface area contributed by atoms with Crippen LogP contribution >= 0.6 is 12.2 Å². The molecule has 2 bridgehead atoms. The van der Waals surface area contributed by atoms with Gasteiger partial charge in [-0.3, -0.25) is 0 Å². The van der Waals surface area contributed by atoms with Gasteiger partial charge < -0.3 is 16.0 Å². The fourth-order valence-corrected chi connectivity index (χ4v) is 4.35. The maximum Gasteiger partial charge on any atom is 0.171 e. The van der Waals surface area contributed by atoms with E-state index in [0.29, 0.717) is 6.04 Å². The summed E-state index contributed by atoms with van der Waals surface area (Å²) in [5.41, 5.74) is 3.18. The predicted molar refractivity (Wildman–Crippen MR) is 105 cm³/mol. The molecule has 4 rings (SSSR count). The number of anilines is 3. The van der Waals surface area contributed by atoms with Crippen molar-refractivity contribution in [2.45, 2.75) is 31.7 Å². The van der Waals surface area contributed by atoms with Crippen LogP contribution in [-0.4, -0.2) is 11.2 Å². The average Bonchev–Trinajstić information content (AvgIpc) is 3.20. The highest BCUT2D eigenvalue weighted by atomic mass is 32.1. The first-order valence-electron chi connectivity index (χ1n) is 8.76. The number of hydrogen-bond donors (Lipinski definition) is 3. The topological polar surface area (TPSA) is 36.1 Å². The van der Waals surface area contributed by atoms with E-state index >= 15 is 0 Å². The molecule has 2 fully saturated rings. The van der Waals surface area contributed by atoms with Crippen molar-refractivity contribution < 1.29 is 0 Å². The quantitative estimate of drug-likeness (QED) is 0.693. The fourth-order valence-electron chi connectivity index (χ4n) is 4.08. The number of rotatable bonds is 4. The van der Waals surface area contributed by atoms with E-state index in [9.17, 15) is 0 Å². The van der Waals surface area contributed by atoms with Crippen LogP contribution in [0, 0.1) is 11.8 Å². The first-order chi connectivity index (χ1) is 11.8. The Morgan fingerprint density at radius 1 is 0.833 bits per heavy atom. The minimum Gasteiger partial charge on any atom is -0.359 e. The number of para-hydroxylation sites is 1. The molecular formula is C20H23N3S. The molecule has 0 aliphatic heterocycles. The first kappa shape index (κ1) is 15.5. The van der Waals surface area contributed by atoms with Gasteiger partial charge in [0.15, 0.2) is 5.11 Å². The van der Waals surface area contributed by atoms with Crippen molar-refractivity contribution in [2.75, 3.05) is 10.6 Å². The van der Waals surface area contributed by atoms with Gasteiger partial charge in [-0.2, -0.15) is 0 Å². The van der Waals surface area contributed by atoms with Crippen LogP contribution in [0.1, 0.15) is 25.7 Å². The molecule has 2 aliphatic rings. The van der Waals surface area contributed by atoms with Crippen molar-refractivity contribution in [2.24, 2.45) is 11.8 Å². The Morgan fingerprint density at radius 2 is 1.54 bits per heavy atom. The summed E-state index contributed by atoms with van der Waals surface area (Å²) in [5, 5.41) is 11.0. The third kappa shape index (κ3) is 3.54. The van der Waals surface area contributed by atoms with Crippen molar-refractivity contribution in [3.63, 3.8) is 0 Å². The lowest BCUT2D eigenvalue weighted by atomic mass is 9.96. The molecule has 2 saturated carbocycles. The van der Waals surface area contributed by atoms with Crippen LogP contribution in [0.25, 0.3) is 0 Å². The summed E-state index contributed by atoms with van der Waals surface area (Å²) < 4.78 is 0. The molecule has 0 radical (unpaired) electrons. The maximum atomic E-state index is 5.49. The Balaban J connectivity index is 1.31. The Kier molecular flexibility index (Phi) is 4.39. The van der Waals surface area contributed by atoms with Gasteiger partial charge >= 0.3 is 0 Å². The molecule has 4 heteroatoms. The lowest BCUT2D eigenvalue weighted by molar-refractivity contribution is 0.392. The van der Waals surface area contributed by atoms with E-state index < -0.39 is 0 Å². The highest BCUT2D eigenvalue weighted by molar-refractivity contribution is 7.80. The zero-order valence-electron chi connectivity index (χ0n) is 13.7. The van der Waals surface area contributed by atoms with Crippen molar-refractivity contribution in [1.82, 2.24) is 5.32 Å². The molecular weight excluding hydrogens is 314 g/mol. The first-order valence-corrected chi connectivity index (χ1v) is 9.17. The Bertz CT molecular complexity index is 699. The van der Waals surface area contributed by atoms with Gasteiger partial charge in [0, 0.05) is 23.1 Å². The summed E-state index contributed by atoms with van der Waals surface area (Å²) in [6.45, 7) is 0. The van der Waals surface area contributed by atoms with Crippen molar-refractivity contribution >= 4 is 34.4 Å². The molecule has 3 N–H and O–H groups in total. The second kappa shape index (κ2) is 6.81. The van der Waals surface area contributed by atoms with Crippen LogP contribution in [-0.2, 0) is 0 Å². The molecule has 0 saturated heterocycles. The molecule has 0 unspecified atom stereocenters. The third-order valence-corrected chi connectivity index (χ3v) is 5.48. The minimum absolute atomic E-state index is 0.572. The van der Waals surface area contributed by atoms with Gasteiger partial charge in [-0.1, -0.05) is 24.6 Å². The van der Waals surface area contributed by atoms with Crippen molar-refractivity contribution in [3.05, 3.63) is 54.6 Å². The molecule has 0 amide bonds. The van der Waals surface area contributed by atoms with E-state index in [1.807, 2.05) is 18.2 Å². The smallest absolute Gasteiger partial charge is 0.171 e. The Hall–Kier alpha value is -2.07. The van der Waals surface area contributed by atoms with Gasteiger partial charge in [-0.25, -0.2) is 0 Å². The molecule has 3 nitrogen and oxygen atoms in total. The molecule has 24 heavy (non-hydrogen) atoms. The third-order valence-electron chi connectivity index (χ3n) is 5.26. The van der Waals surface area contributed by atoms with Crippen molar-refractivity contribution in [1.29, 1.82) is 0 Å². The number of benzene rings is 2. The van der Waals surface area contributed by atoms with Gasteiger partial charge in [-0.05, 0) is 79.7 Å². The zero-order chi connectivity index (χ0) is 16.4. The van der Waals surface area contributed by atoms with E-state index in [0.717, 1.165) is 34.0 Å². The van der Waals surface area contributed by atoms with E-state index in [4.69, 9.17) is 12.2 Å². The summed E-state index contributed by atoms with van der Waals surface area (Å²) in [6.07, 6.45) is 5.45. The minimum atomic E-state index is 0.572. The van der Waals surface area contributed by atoms with Crippen LogP contribution in [0.3, 0.4) is 0 Å². The standard InChI is InChI=1S/C20H23N3S/c24-20(23-19-13-14-6-7-15(19)12-14)22-18-10-8-17(9-11-18)21-16-4-2-1-3-5-16/h1-5,8-11,14-15,19,21H,6-7,12-13H2,(H2,22,23,24)/t14-,15+,19+/m0/s1. The molecule has 2 aliphatic carbocycles. The van der Waals surface area contributed by atoms with Gasteiger partial charge in [0.05, 0.1) is 0 Å². The molecule has 3 atom stereocenters. The van der Waals surface area contributed by atoms with Crippen molar-refractivity contribution in [3.8, 4) is 0 Å². The largest absolute Gasteiger partial charge is 0.359 e. The summed E-state index contributed by atoms with van der Waals surface area (Å²) >= 11 is 5.49. The lowest BCUT2D eigenvalue weighted by Crippen LogP contribution is -2.40. The van der Waals surface area contributed by atoms with Crippen LogP contribution in [0.5, 0.6) is 0 Å². The Labute approximate surface area is 148 Å². The second-order valence-electron chi connectivity index (χ2n) is 6.95. The van der Waals surface area contributed by atoms with Crippen LogP contribution < -0.4 is 16.0 Å². The summed E-state index contributed by atoms with van der Waals surface area (Å²) in [7, 11) is 0. The van der Waals surface area contributed by atoms with Gasteiger partial charge in [0.2, 0.25) is 0 Å². The van der Waals surface area contributed by atoms with E-state index in [-0.39, 0.29) is 0 Å². The average molecular weight is 337 g/mol. The normalized spacial score (nSPS) is 24.6. The SMILES string of the molecule is S=C(Nc1ccc(Nc2ccccc2)cc1)N[C@@H]1C[C@H]2CC[C@@H]1C2. The van der Waals surface area contributed by atoms with Gasteiger partial charge in [-0.15, -0.1) is 0 Å². The van der Waals surface area contributed by atoms with Gasteiger partial charge in [0.25, 0.3) is 0 Å². The number of hydrogen-bond acceptors (Lipinski definition) is 2. The lowest BCUT2D eigenvalue weighted by Gasteiger charge is -2.24. The van der Waals surface area contributed by atoms with Crippen LogP contribution in [0.15, 0.2) is 54.6 Å². The van der Waals surface area contributed by atoms with E-state index in [2.05, 4.69) is 52.3 Å². The number of fused-ring (bicyclic) bond motifs is 2. The molecule has 0 spiro atoms. The van der Waals surface area contributed by atoms with E-state index in [1.165, 1.54) is 25.7 Å². The predicted octanol–water partition coefficient (Wildman–Crippen LogP) is 4.91. The van der Waals surface area contributed by atoms with Crippen LogP contribution in [0.4, 0.5) is 17.1 Å². The van der Waals surface area contributed by atoms with E-state index in [1.54, 1.807) is 0 Å². The molecule has 124 valence electrons. The zero-order valence-corrected chi connectivity index (χ0v) is 14.5. The highest BCUT2D eigenvalue weighted by Crippen LogP contribution is 2.44. The van der Waals surface area contributed by atoms with Crippen LogP contribution in [0.2, 0.25) is 0 Å². The maximum absolute atomic E-state index is 5.49. The fraction of sp³-hybridized carbons (Fsp3) is 0.350. The number of nitrogens with one attached hydrogen (secondary N) is 3. The molecule has 2 aromatic rings. The molecule has 2 aromatic carbocycles. The molecule has 0 aromatic heterocycles. The monoisotopic (exact) mass is 337 g/mol. The summed E-state index contributed by atoms with van der Waals surface area (Å²) in [4.78, 5) is 0. The second-order valence-corrected chi connectivity index (χ2v) is 7.36. The Morgan fingerprint density at radius 3 is 2.21 bits per heavy atom. The number of thiocarbonyl (C=S) groups is 1. The molecule has 0 heterocycles.